The third-order valence-electron chi connectivity index (χ3n) is 3.30. The van der Waals surface area contributed by atoms with Crippen LogP contribution in [0.15, 0.2) is 48.5 Å². The molecule has 0 saturated carbocycles. The van der Waals surface area contributed by atoms with Crippen molar-refractivity contribution < 1.29 is 17.9 Å². The number of benzene rings is 2. The molecule has 1 heterocycles. The zero-order chi connectivity index (χ0) is 18.6. The van der Waals surface area contributed by atoms with Gasteiger partial charge in [0.2, 0.25) is 0 Å². The maximum absolute atomic E-state index is 12.4. The Morgan fingerprint density at radius 3 is 2.62 bits per heavy atom. The Kier molecular flexibility index (Phi) is 5.27. The van der Waals surface area contributed by atoms with Gasteiger partial charge in [0.15, 0.2) is 12.4 Å². The second kappa shape index (κ2) is 7.61. The van der Waals surface area contributed by atoms with Gasteiger partial charge in [-0.05, 0) is 40.8 Å². The number of alkyl halides is 3. The zero-order valence-corrected chi connectivity index (χ0v) is 14.0. The molecule has 10 heteroatoms. The fourth-order valence-electron chi connectivity index (χ4n) is 2.19. The number of hydrogen-bond donors (Lipinski definition) is 1. The van der Waals surface area contributed by atoms with Crippen LogP contribution in [0.4, 0.5) is 18.9 Å². The standard InChI is InChI=1S/C16H13ClF3N5O/c17-11-6-7-14(26-10-16(18,19)20)13(8-11)21-9-15-22-23-24-25(15)12-4-2-1-3-5-12/h1-8,21H,9-10H2. The molecule has 0 aliphatic heterocycles. The molecule has 0 aliphatic carbocycles. The van der Waals surface area contributed by atoms with Crippen molar-refractivity contribution in [2.45, 2.75) is 12.7 Å². The Morgan fingerprint density at radius 2 is 1.88 bits per heavy atom. The number of nitrogens with one attached hydrogen (secondary N) is 1. The van der Waals surface area contributed by atoms with E-state index >= 15 is 0 Å². The molecule has 0 fully saturated rings. The summed E-state index contributed by atoms with van der Waals surface area (Å²) < 4.78 is 43.6. The second-order valence-corrected chi connectivity index (χ2v) is 5.68. The van der Waals surface area contributed by atoms with Crippen molar-refractivity contribution in [2.24, 2.45) is 0 Å². The quantitative estimate of drug-likeness (QED) is 0.700. The van der Waals surface area contributed by atoms with Gasteiger partial charge in [-0.2, -0.15) is 17.9 Å². The first-order valence-electron chi connectivity index (χ1n) is 7.48. The van der Waals surface area contributed by atoms with Gasteiger partial charge in [-0.3, -0.25) is 0 Å². The van der Waals surface area contributed by atoms with E-state index in [1.165, 1.54) is 22.9 Å². The molecule has 3 aromatic rings. The summed E-state index contributed by atoms with van der Waals surface area (Å²) >= 11 is 5.93. The maximum Gasteiger partial charge on any atom is 0.422 e. The lowest BCUT2D eigenvalue weighted by molar-refractivity contribution is -0.153. The van der Waals surface area contributed by atoms with E-state index in [1.54, 1.807) is 0 Å². The summed E-state index contributed by atoms with van der Waals surface area (Å²) in [6.07, 6.45) is -4.44. The van der Waals surface area contributed by atoms with Crippen LogP contribution in [0.1, 0.15) is 5.82 Å². The average Bonchev–Trinajstić information content (AvgIpc) is 3.07. The highest BCUT2D eigenvalue weighted by Gasteiger charge is 2.28. The minimum Gasteiger partial charge on any atom is -0.482 e. The SMILES string of the molecule is FC(F)(F)COc1ccc(Cl)cc1NCc1nnnn1-c1ccccc1. The third kappa shape index (κ3) is 4.63. The van der Waals surface area contributed by atoms with Crippen LogP contribution in [0.25, 0.3) is 5.69 Å². The van der Waals surface area contributed by atoms with Crippen LogP contribution in [-0.2, 0) is 6.54 Å². The number of para-hydroxylation sites is 1. The summed E-state index contributed by atoms with van der Waals surface area (Å²) in [5.41, 5.74) is 1.07. The highest BCUT2D eigenvalue weighted by atomic mass is 35.5. The Balaban J connectivity index is 1.76. The first-order chi connectivity index (χ1) is 12.4. The van der Waals surface area contributed by atoms with Crippen molar-refractivity contribution in [1.82, 2.24) is 20.2 Å². The molecular formula is C16H13ClF3N5O. The van der Waals surface area contributed by atoms with Gasteiger partial charge < -0.3 is 10.1 Å². The molecule has 0 bridgehead atoms. The van der Waals surface area contributed by atoms with E-state index in [9.17, 15) is 13.2 Å². The van der Waals surface area contributed by atoms with Crippen molar-refractivity contribution in [3.05, 3.63) is 59.4 Å². The number of anilines is 1. The number of rotatable bonds is 6. The van der Waals surface area contributed by atoms with E-state index in [-0.39, 0.29) is 12.3 Å². The van der Waals surface area contributed by atoms with Gasteiger partial charge in [-0.15, -0.1) is 5.10 Å². The second-order valence-electron chi connectivity index (χ2n) is 5.24. The first kappa shape index (κ1) is 18.0. The molecular weight excluding hydrogens is 371 g/mol. The monoisotopic (exact) mass is 383 g/mol. The molecule has 1 N–H and O–H groups in total. The van der Waals surface area contributed by atoms with Crippen LogP contribution in [0.5, 0.6) is 5.75 Å². The lowest BCUT2D eigenvalue weighted by atomic mass is 10.3. The first-order valence-corrected chi connectivity index (χ1v) is 7.86. The maximum atomic E-state index is 12.4. The van der Waals surface area contributed by atoms with E-state index in [0.717, 1.165) is 5.69 Å². The number of nitrogens with zero attached hydrogens (tertiary/aromatic N) is 4. The van der Waals surface area contributed by atoms with E-state index in [0.29, 0.717) is 16.5 Å². The Bertz CT molecular complexity index is 870. The molecule has 0 aliphatic rings. The molecule has 3 rings (SSSR count). The Labute approximate surface area is 151 Å². The molecule has 0 unspecified atom stereocenters. The third-order valence-corrected chi connectivity index (χ3v) is 3.54. The molecule has 0 amide bonds. The predicted octanol–water partition coefficient (Wildman–Crippen LogP) is 3.87. The molecule has 1 aromatic heterocycles. The van der Waals surface area contributed by atoms with Crippen molar-refractivity contribution in [2.75, 3.05) is 11.9 Å². The van der Waals surface area contributed by atoms with Crippen LogP contribution in [0, 0.1) is 0 Å². The highest BCUT2D eigenvalue weighted by Crippen LogP contribution is 2.30. The van der Waals surface area contributed by atoms with Crippen molar-refractivity contribution in [3.8, 4) is 11.4 Å². The van der Waals surface area contributed by atoms with E-state index in [2.05, 4.69) is 20.8 Å². The van der Waals surface area contributed by atoms with Crippen LogP contribution < -0.4 is 10.1 Å². The lowest BCUT2D eigenvalue weighted by Crippen LogP contribution is -2.19. The normalized spacial score (nSPS) is 11.4. The molecule has 26 heavy (non-hydrogen) atoms. The zero-order valence-electron chi connectivity index (χ0n) is 13.2. The summed E-state index contributed by atoms with van der Waals surface area (Å²) in [7, 11) is 0. The molecule has 0 radical (unpaired) electrons. The van der Waals surface area contributed by atoms with Crippen LogP contribution >= 0.6 is 11.6 Å². The van der Waals surface area contributed by atoms with E-state index in [4.69, 9.17) is 16.3 Å². The summed E-state index contributed by atoms with van der Waals surface area (Å²) in [6.45, 7) is -1.24. The lowest BCUT2D eigenvalue weighted by Gasteiger charge is -2.14. The van der Waals surface area contributed by atoms with Crippen molar-refractivity contribution >= 4 is 17.3 Å². The minimum absolute atomic E-state index is 0.0328. The van der Waals surface area contributed by atoms with Gasteiger partial charge in [-0.1, -0.05) is 29.8 Å². The summed E-state index contributed by atoms with van der Waals surface area (Å²) in [4.78, 5) is 0. The topological polar surface area (TPSA) is 64.9 Å². The number of tetrazole rings is 1. The Hall–Kier alpha value is -2.81. The van der Waals surface area contributed by atoms with Crippen molar-refractivity contribution in [3.63, 3.8) is 0 Å². The average molecular weight is 384 g/mol. The summed E-state index contributed by atoms with van der Waals surface area (Å²) in [5, 5.41) is 14.8. The van der Waals surface area contributed by atoms with Crippen LogP contribution in [0.3, 0.4) is 0 Å². The molecule has 136 valence electrons. The molecule has 0 atom stereocenters. The molecule has 0 spiro atoms. The van der Waals surface area contributed by atoms with Crippen molar-refractivity contribution in [1.29, 1.82) is 0 Å². The largest absolute Gasteiger partial charge is 0.482 e. The number of hydrogen-bond acceptors (Lipinski definition) is 5. The van der Waals surface area contributed by atoms with Gasteiger partial charge in [0, 0.05) is 5.02 Å². The number of aromatic nitrogens is 4. The number of ether oxygens (including phenoxy) is 1. The van der Waals surface area contributed by atoms with E-state index < -0.39 is 12.8 Å². The fourth-order valence-corrected chi connectivity index (χ4v) is 2.36. The van der Waals surface area contributed by atoms with Gasteiger partial charge in [0.05, 0.1) is 17.9 Å². The molecule has 0 saturated heterocycles. The minimum atomic E-state index is -4.44. The molecule has 2 aromatic carbocycles. The van der Waals surface area contributed by atoms with E-state index in [1.807, 2.05) is 30.3 Å². The van der Waals surface area contributed by atoms with Gasteiger partial charge in [-0.25, -0.2) is 0 Å². The predicted molar refractivity (Wildman–Crippen MR) is 89.5 cm³/mol. The fraction of sp³-hybridized carbons (Fsp3) is 0.188. The van der Waals surface area contributed by atoms with Gasteiger partial charge in [0.25, 0.3) is 0 Å². The summed E-state index contributed by atoms with van der Waals surface area (Å²) in [6, 6.07) is 13.5. The Morgan fingerprint density at radius 1 is 1.12 bits per heavy atom. The van der Waals surface area contributed by atoms with Gasteiger partial charge in [0.1, 0.15) is 5.75 Å². The highest BCUT2D eigenvalue weighted by molar-refractivity contribution is 6.30. The summed E-state index contributed by atoms with van der Waals surface area (Å²) in [5.74, 6) is 0.503. The number of halogens is 4. The van der Waals surface area contributed by atoms with Crippen LogP contribution in [0.2, 0.25) is 5.02 Å². The van der Waals surface area contributed by atoms with Gasteiger partial charge >= 0.3 is 6.18 Å². The van der Waals surface area contributed by atoms with Crippen LogP contribution in [-0.4, -0.2) is 33.0 Å². The smallest absolute Gasteiger partial charge is 0.422 e. The molecule has 6 nitrogen and oxygen atoms in total.